The molecule has 0 bridgehead atoms. The Labute approximate surface area is 107 Å². The number of rotatable bonds is 4. The molecule has 17 heavy (non-hydrogen) atoms. The number of nitrogens with zero attached hydrogens (tertiary/aromatic N) is 1. The Bertz CT molecular complexity index is 229. The van der Waals surface area contributed by atoms with E-state index in [-0.39, 0.29) is 0 Å². The molecule has 4 atom stereocenters. The van der Waals surface area contributed by atoms with Gasteiger partial charge in [-0.2, -0.15) is 0 Å². The molecule has 0 aromatic rings. The van der Waals surface area contributed by atoms with Crippen LogP contribution in [0.1, 0.15) is 59.3 Å². The molecule has 0 aromatic heterocycles. The fourth-order valence-corrected chi connectivity index (χ4v) is 3.73. The summed E-state index contributed by atoms with van der Waals surface area (Å²) in [6.45, 7) is 9.58. The van der Waals surface area contributed by atoms with E-state index in [1.807, 2.05) is 0 Å². The largest absolute Gasteiger partial charge is 0.311 e. The highest BCUT2D eigenvalue weighted by atomic mass is 15.3. The van der Waals surface area contributed by atoms with Crippen molar-refractivity contribution in [3.63, 3.8) is 0 Å². The second-order valence-corrected chi connectivity index (χ2v) is 6.22. The summed E-state index contributed by atoms with van der Waals surface area (Å²) in [7, 11) is 0. The molecule has 2 heteroatoms. The second kappa shape index (κ2) is 6.19. The second-order valence-electron chi connectivity index (χ2n) is 6.22. The van der Waals surface area contributed by atoms with Crippen LogP contribution in [0.15, 0.2) is 0 Å². The monoisotopic (exact) mass is 238 g/mol. The molecule has 100 valence electrons. The minimum Gasteiger partial charge on any atom is -0.311 e. The molecule has 1 N–H and O–H groups in total. The standard InChI is InChI=1S/C15H30N2/c1-4-6-13-11-17(14(5-2)10-16-13)15-8-7-12(3)9-15/h12-16H,4-11H2,1-3H3. The third kappa shape index (κ3) is 3.23. The molecule has 2 aliphatic rings. The number of nitrogens with one attached hydrogen (secondary N) is 1. The zero-order chi connectivity index (χ0) is 12.3. The molecule has 0 amide bonds. The number of hydrogen-bond donors (Lipinski definition) is 1. The van der Waals surface area contributed by atoms with Crippen LogP contribution in [0.3, 0.4) is 0 Å². The third-order valence-corrected chi connectivity index (χ3v) is 4.79. The Balaban J connectivity index is 1.94. The molecule has 1 heterocycles. The van der Waals surface area contributed by atoms with E-state index in [2.05, 4.69) is 31.0 Å². The molecule has 4 unspecified atom stereocenters. The number of hydrogen-bond acceptors (Lipinski definition) is 2. The Morgan fingerprint density at radius 3 is 2.65 bits per heavy atom. The van der Waals surface area contributed by atoms with E-state index in [1.54, 1.807) is 0 Å². The van der Waals surface area contributed by atoms with Crippen molar-refractivity contribution in [2.75, 3.05) is 13.1 Å². The van der Waals surface area contributed by atoms with Gasteiger partial charge in [-0.1, -0.05) is 27.2 Å². The zero-order valence-electron chi connectivity index (χ0n) is 11.9. The lowest BCUT2D eigenvalue weighted by molar-refractivity contribution is 0.0770. The molecule has 0 spiro atoms. The topological polar surface area (TPSA) is 15.3 Å². The molecular weight excluding hydrogens is 208 g/mol. The molecule has 1 aliphatic carbocycles. The lowest BCUT2D eigenvalue weighted by Crippen LogP contribution is -2.58. The van der Waals surface area contributed by atoms with Gasteiger partial charge in [0.2, 0.25) is 0 Å². The van der Waals surface area contributed by atoms with Crippen LogP contribution in [0, 0.1) is 5.92 Å². The number of piperazine rings is 1. The summed E-state index contributed by atoms with van der Waals surface area (Å²) in [5, 5.41) is 3.74. The first kappa shape index (κ1) is 13.4. The quantitative estimate of drug-likeness (QED) is 0.810. The molecular formula is C15H30N2. The van der Waals surface area contributed by atoms with Crippen LogP contribution in [0.2, 0.25) is 0 Å². The third-order valence-electron chi connectivity index (χ3n) is 4.79. The maximum absolute atomic E-state index is 3.74. The summed E-state index contributed by atoms with van der Waals surface area (Å²) in [6.07, 6.45) is 8.28. The molecule has 0 aromatic carbocycles. The maximum atomic E-state index is 3.74. The van der Waals surface area contributed by atoms with Gasteiger partial charge in [-0.3, -0.25) is 4.90 Å². The Morgan fingerprint density at radius 2 is 2.06 bits per heavy atom. The van der Waals surface area contributed by atoms with E-state index < -0.39 is 0 Å². The highest BCUT2D eigenvalue weighted by molar-refractivity contribution is 4.92. The Kier molecular flexibility index (Phi) is 4.87. The maximum Gasteiger partial charge on any atom is 0.0221 e. The molecule has 2 rings (SSSR count). The summed E-state index contributed by atoms with van der Waals surface area (Å²) in [6, 6.07) is 2.42. The van der Waals surface area contributed by atoms with Crippen LogP contribution in [0.4, 0.5) is 0 Å². The van der Waals surface area contributed by atoms with E-state index in [1.165, 1.54) is 51.6 Å². The van der Waals surface area contributed by atoms with Crippen LogP contribution in [0.25, 0.3) is 0 Å². The lowest BCUT2D eigenvalue weighted by atomic mass is 10.00. The SMILES string of the molecule is CCCC1CN(C2CCC(C)C2)C(CC)CN1. The van der Waals surface area contributed by atoms with Crippen molar-refractivity contribution in [3.8, 4) is 0 Å². The molecule has 2 fully saturated rings. The molecule has 1 aliphatic heterocycles. The van der Waals surface area contributed by atoms with Crippen LogP contribution in [-0.4, -0.2) is 36.1 Å². The lowest BCUT2D eigenvalue weighted by Gasteiger charge is -2.43. The summed E-state index contributed by atoms with van der Waals surface area (Å²) in [5.74, 6) is 0.956. The van der Waals surface area contributed by atoms with Gasteiger partial charge in [-0.15, -0.1) is 0 Å². The summed E-state index contributed by atoms with van der Waals surface area (Å²) in [5.41, 5.74) is 0. The first-order chi connectivity index (χ1) is 8.24. The van der Waals surface area contributed by atoms with E-state index >= 15 is 0 Å². The smallest absolute Gasteiger partial charge is 0.0221 e. The molecule has 1 saturated carbocycles. The minimum atomic E-state index is 0.749. The van der Waals surface area contributed by atoms with Gasteiger partial charge in [0.05, 0.1) is 0 Å². The average Bonchev–Trinajstić information content (AvgIpc) is 2.76. The summed E-state index contributed by atoms with van der Waals surface area (Å²) < 4.78 is 0. The van der Waals surface area contributed by atoms with Gasteiger partial charge in [0, 0.05) is 31.2 Å². The highest BCUT2D eigenvalue weighted by Gasteiger charge is 2.34. The van der Waals surface area contributed by atoms with E-state index in [0.717, 1.165) is 24.0 Å². The van der Waals surface area contributed by atoms with Crippen LogP contribution in [0.5, 0.6) is 0 Å². The van der Waals surface area contributed by atoms with Crippen molar-refractivity contribution < 1.29 is 0 Å². The van der Waals surface area contributed by atoms with E-state index in [4.69, 9.17) is 0 Å². The fraction of sp³-hybridized carbons (Fsp3) is 1.00. The first-order valence-electron chi connectivity index (χ1n) is 7.73. The van der Waals surface area contributed by atoms with Crippen molar-refractivity contribution in [2.45, 2.75) is 77.4 Å². The first-order valence-corrected chi connectivity index (χ1v) is 7.73. The summed E-state index contributed by atoms with van der Waals surface area (Å²) >= 11 is 0. The van der Waals surface area contributed by atoms with Crippen molar-refractivity contribution in [3.05, 3.63) is 0 Å². The minimum absolute atomic E-state index is 0.749. The summed E-state index contributed by atoms with van der Waals surface area (Å²) in [4.78, 5) is 2.85. The van der Waals surface area contributed by atoms with E-state index in [9.17, 15) is 0 Å². The Hall–Kier alpha value is -0.0800. The predicted octanol–water partition coefficient (Wildman–Crippen LogP) is 3.03. The van der Waals surface area contributed by atoms with Gasteiger partial charge in [-0.05, 0) is 38.0 Å². The normalized spacial score (nSPS) is 39.7. The van der Waals surface area contributed by atoms with Crippen molar-refractivity contribution in [1.29, 1.82) is 0 Å². The molecule has 0 radical (unpaired) electrons. The van der Waals surface area contributed by atoms with Crippen LogP contribution >= 0.6 is 0 Å². The fourth-order valence-electron chi connectivity index (χ4n) is 3.73. The molecule has 1 saturated heterocycles. The predicted molar refractivity (Wildman–Crippen MR) is 74.3 cm³/mol. The van der Waals surface area contributed by atoms with Crippen molar-refractivity contribution in [2.24, 2.45) is 5.92 Å². The average molecular weight is 238 g/mol. The van der Waals surface area contributed by atoms with Crippen molar-refractivity contribution >= 4 is 0 Å². The van der Waals surface area contributed by atoms with Crippen LogP contribution < -0.4 is 5.32 Å². The van der Waals surface area contributed by atoms with Gasteiger partial charge < -0.3 is 5.32 Å². The Morgan fingerprint density at radius 1 is 1.24 bits per heavy atom. The van der Waals surface area contributed by atoms with Gasteiger partial charge in [0.25, 0.3) is 0 Å². The highest BCUT2D eigenvalue weighted by Crippen LogP contribution is 2.31. The van der Waals surface area contributed by atoms with E-state index in [0.29, 0.717) is 0 Å². The zero-order valence-corrected chi connectivity index (χ0v) is 11.9. The molecule has 2 nitrogen and oxygen atoms in total. The van der Waals surface area contributed by atoms with Gasteiger partial charge in [0.15, 0.2) is 0 Å². The van der Waals surface area contributed by atoms with Crippen LogP contribution in [-0.2, 0) is 0 Å². The van der Waals surface area contributed by atoms with Gasteiger partial charge >= 0.3 is 0 Å². The van der Waals surface area contributed by atoms with Gasteiger partial charge in [0.1, 0.15) is 0 Å². The van der Waals surface area contributed by atoms with Gasteiger partial charge in [-0.25, -0.2) is 0 Å². The van der Waals surface area contributed by atoms with Crippen molar-refractivity contribution in [1.82, 2.24) is 10.2 Å².